The van der Waals surface area contributed by atoms with Crippen LogP contribution >= 0.6 is 11.8 Å². The molecule has 0 spiro atoms. The Morgan fingerprint density at radius 3 is 2.37 bits per heavy atom. The molecule has 1 saturated heterocycles. The average Bonchev–Trinajstić information content (AvgIpc) is 2.73. The zero-order valence-corrected chi connectivity index (χ0v) is 18.0. The average molecular weight is 432 g/mol. The number of ether oxygens (including phenoxy) is 2. The summed E-state index contributed by atoms with van der Waals surface area (Å²) in [6.45, 7) is 6.94. The fourth-order valence-corrected chi connectivity index (χ4v) is 3.84. The molecule has 2 aromatic heterocycles. The second-order valence-electron chi connectivity index (χ2n) is 6.58. The molecule has 0 aliphatic carbocycles. The number of nitrogens with two attached hydrogens (primary N) is 1. The lowest BCUT2D eigenvalue weighted by atomic mass is 10.3. The van der Waals surface area contributed by atoms with Crippen LogP contribution in [0.3, 0.4) is 0 Å². The van der Waals surface area contributed by atoms with Gasteiger partial charge in [-0.15, -0.1) is 0 Å². The monoisotopic (exact) mass is 431 g/mol. The lowest BCUT2D eigenvalue weighted by Gasteiger charge is -2.32. The van der Waals surface area contributed by atoms with Gasteiger partial charge >= 0.3 is 0 Å². The Kier molecular flexibility index (Phi) is 6.95. The second kappa shape index (κ2) is 9.63. The van der Waals surface area contributed by atoms with Crippen LogP contribution in [0.5, 0.6) is 11.8 Å². The van der Waals surface area contributed by atoms with Gasteiger partial charge in [0, 0.05) is 37.9 Å². The van der Waals surface area contributed by atoms with Crippen molar-refractivity contribution in [1.82, 2.24) is 19.9 Å². The number of nitrogens with one attached hydrogen (secondary N) is 1. The highest BCUT2D eigenvalue weighted by Crippen LogP contribution is 2.41. The van der Waals surface area contributed by atoms with Crippen molar-refractivity contribution in [2.24, 2.45) is 0 Å². The molecular formula is C19H25N7O3S. The first-order valence-corrected chi connectivity index (χ1v) is 10.1. The number of amides is 1. The van der Waals surface area contributed by atoms with Crippen LogP contribution in [0.1, 0.15) is 0 Å². The molecular weight excluding hydrogens is 406 g/mol. The molecule has 1 amide bonds. The van der Waals surface area contributed by atoms with Crippen molar-refractivity contribution >= 4 is 35.1 Å². The molecule has 0 bridgehead atoms. The van der Waals surface area contributed by atoms with E-state index in [1.807, 2.05) is 0 Å². The van der Waals surface area contributed by atoms with Crippen molar-refractivity contribution in [3.63, 3.8) is 0 Å². The lowest BCUT2D eigenvalue weighted by molar-refractivity contribution is -0.111. The van der Waals surface area contributed by atoms with Gasteiger partial charge in [-0.3, -0.25) is 4.79 Å². The molecule has 0 radical (unpaired) electrons. The molecule has 11 heteroatoms. The summed E-state index contributed by atoms with van der Waals surface area (Å²) in [4.78, 5) is 30.0. The maximum atomic E-state index is 11.6. The molecule has 30 heavy (non-hydrogen) atoms. The Hall–Kier alpha value is -3.05. The highest BCUT2D eigenvalue weighted by Gasteiger charge is 2.23. The summed E-state index contributed by atoms with van der Waals surface area (Å²) in [6, 6.07) is 3.25. The smallest absolute Gasteiger partial charge is 0.247 e. The first-order valence-electron chi connectivity index (χ1n) is 9.25. The second-order valence-corrected chi connectivity index (χ2v) is 7.61. The number of carbonyl (C=O) groups is 1. The van der Waals surface area contributed by atoms with E-state index in [-0.39, 0.29) is 11.7 Å². The third kappa shape index (κ3) is 5.10. The maximum absolute atomic E-state index is 11.6. The Balaban J connectivity index is 1.92. The number of anilines is 3. The summed E-state index contributed by atoms with van der Waals surface area (Å²) < 4.78 is 11.0. The first kappa shape index (κ1) is 21.7. The number of hydrogen-bond acceptors (Lipinski definition) is 10. The topological polar surface area (TPSA) is 119 Å². The van der Waals surface area contributed by atoms with E-state index in [0.717, 1.165) is 26.2 Å². The van der Waals surface area contributed by atoms with Crippen molar-refractivity contribution in [3.8, 4) is 11.8 Å². The number of hydrogen-bond donors (Lipinski definition) is 2. The van der Waals surface area contributed by atoms with Gasteiger partial charge in [0.25, 0.3) is 0 Å². The van der Waals surface area contributed by atoms with Crippen molar-refractivity contribution in [1.29, 1.82) is 0 Å². The zero-order valence-electron chi connectivity index (χ0n) is 17.2. The van der Waals surface area contributed by atoms with E-state index >= 15 is 0 Å². The molecule has 3 rings (SSSR count). The van der Waals surface area contributed by atoms with Crippen LogP contribution < -0.4 is 25.4 Å². The Morgan fingerprint density at radius 2 is 1.80 bits per heavy atom. The summed E-state index contributed by atoms with van der Waals surface area (Å²) in [5, 5.41) is 3.21. The van der Waals surface area contributed by atoms with Gasteiger partial charge in [0.15, 0.2) is 0 Å². The fraction of sp³-hybridized carbons (Fsp3) is 0.368. The quantitative estimate of drug-likeness (QED) is 0.624. The van der Waals surface area contributed by atoms with Gasteiger partial charge in [0.05, 0.1) is 14.2 Å². The van der Waals surface area contributed by atoms with E-state index in [4.69, 9.17) is 15.2 Å². The van der Waals surface area contributed by atoms with Crippen LogP contribution in [-0.4, -0.2) is 73.2 Å². The molecule has 3 heterocycles. The molecule has 1 aliphatic heterocycles. The number of likely N-dealkylation sites (N-methyl/N-ethyl adjacent to an activating group) is 1. The Morgan fingerprint density at radius 1 is 1.17 bits per heavy atom. The van der Waals surface area contributed by atoms with Gasteiger partial charge in [-0.25, -0.2) is 4.98 Å². The van der Waals surface area contributed by atoms with Gasteiger partial charge in [0.2, 0.25) is 23.6 Å². The minimum Gasteiger partial charge on any atom is -0.480 e. The molecule has 0 atom stereocenters. The third-order valence-electron chi connectivity index (χ3n) is 4.45. The summed E-state index contributed by atoms with van der Waals surface area (Å²) in [5.74, 6) is 1.22. The highest BCUT2D eigenvalue weighted by atomic mass is 32.2. The SMILES string of the molecule is C=CC(=O)Nc1cc(N)nc(Sc2c(OC)nc(N3CCN(C)CC3)nc2OC)c1. The summed E-state index contributed by atoms with van der Waals surface area (Å²) >= 11 is 1.24. The van der Waals surface area contributed by atoms with E-state index in [9.17, 15) is 4.79 Å². The molecule has 1 aliphatic rings. The number of nitrogen functional groups attached to an aromatic ring is 1. The van der Waals surface area contributed by atoms with Crippen molar-refractivity contribution in [2.45, 2.75) is 9.92 Å². The molecule has 160 valence electrons. The number of pyridine rings is 1. The Bertz CT molecular complexity index is 907. The van der Waals surface area contributed by atoms with Crippen LogP contribution in [0.25, 0.3) is 0 Å². The predicted molar refractivity (Wildman–Crippen MR) is 116 cm³/mol. The largest absolute Gasteiger partial charge is 0.480 e. The van der Waals surface area contributed by atoms with Gasteiger partial charge in [0.1, 0.15) is 15.7 Å². The number of rotatable bonds is 7. The number of aromatic nitrogens is 3. The minimum absolute atomic E-state index is 0.257. The van der Waals surface area contributed by atoms with E-state index in [1.165, 1.54) is 17.8 Å². The van der Waals surface area contributed by atoms with Crippen LogP contribution in [0.4, 0.5) is 17.5 Å². The van der Waals surface area contributed by atoms with Crippen molar-refractivity contribution in [3.05, 3.63) is 24.8 Å². The number of carbonyl (C=O) groups excluding carboxylic acids is 1. The van der Waals surface area contributed by atoms with Crippen LogP contribution in [0.2, 0.25) is 0 Å². The molecule has 0 aromatic carbocycles. The predicted octanol–water partition coefficient (Wildman–Crippen LogP) is 1.50. The van der Waals surface area contributed by atoms with Crippen molar-refractivity contribution < 1.29 is 14.3 Å². The van der Waals surface area contributed by atoms with Gasteiger partial charge < -0.3 is 30.3 Å². The Labute approximate surface area is 179 Å². The normalized spacial score (nSPS) is 14.3. The van der Waals surface area contributed by atoms with Crippen LogP contribution in [-0.2, 0) is 4.79 Å². The van der Waals surface area contributed by atoms with E-state index in [1.54, 1.807) is 26.4 Å². The summed E-state index contributed by atoms with van der Waals surface area (Å²) in [6.07, 6.45) is 1.18. The molecule has 0 unspecified atom stereocenters. The molecule has 0 saturated carbocycles. The van der Waals surface area contributed by atoms with Gasteiger partial charge in [-0.05, 0) is 19.2 Å². The van der Waals surface area contributed by atoms with E-state index < -0.39 is 0 Å². The van der Waals surface area contributed by atoms with E-state index in [2.05, 4.69) is 43.7 Å². The lowest BCUT2D eigenvalue weighted by Crippen LogP contribution is -2.45. The standard InChI is InChI=1S/C19H25N7O3S/c1-5-14(27)21-12-10-13(20)22-15(11-12)30-16-17(28-3)23-19(24-18(16)29-4)26-8-6-25(2)7-9-26/h5,10-11H,1,6-9H2,2-4H3,(H3,20,21,22,27). The minimum atomic E-state index is -0.341. The third-order valence-corrected chi connectivity index (χ3v) is 5.42. The van der Waals surface area contributed by atoms with Crippen LogP contribution in [0.15, 0.2) is 34.7 Å². The van der Waals surface area contributed by atoms with Crippen LogP contribution in [0, 0.1) is 0 Å². The summed E-state index contributed by atoms with van der Waals surface area (Å²) in [7, 11) is 5.17. The van der Waals surface area contributed by atoms with E-state index in [0.29, 0.717) is 33.3 Å². The number of methoxy groups -OCH3 is 2. The number of piperazine rings is 1. The van der Waals surface area contributed by atoms with Crippen molar-refractivity contribution in [2.75, 3.05) is 63.4 Å². The highest BCUT2D eigenvalue weighted by molar-refractivity contribution is 7.99. The maximum Gasteiger partial charge on any atom is 0.247 e. The zero-order chi connectivity index (χ0) is 21.7. The number of nitrogens with zero attached hydrogens (tertiary/aromatic N) is 5. The fourth-order valence-electron chi connectivity index (χ4n) is 2.86. The molecule has 3 N–H and O–H groups in total. The van der Waals surface area contributed by atoms with Gasteiger partial charge in [-0.1, -0.05) is 18.3 Å². The summed E-state index contributed by atoms with van der Waals surface area (Å²) in [5.41, 5.74) is 6.40. The van der Waals surface area contributed by atoms with Gasteiger partial charge in [-0.2, -0.15) is 9.97 Å². The molecule has 1 fully saturated rings. The molecule has 10 nitrogen and oxygen atoms in total. The first-order chi connectivity index (χ1) is 14.4. The molecule has 2 aromatic rings.